The fraction of sp³-hybridized carbons (Fsp3) is 0.438. The summed E-state index contributed by atoms with van der Waals surface area (Å²) in [6.45, 7) is 1.51. The van der Waals surface area contributed by atoms with Gasteiger partial charge in [-0.15, -0.1) is 0 Å². The topological polar surface area (TPSA) is 107 Å². The lowest BCUT2D eigenvalue weighted by Gasteiger charge is -2.10. The van der Waals surface area contributed by atoms with E-state index in [1.807, 2.05) is 25.1 Å². The van der Waals surface area contributed by atoms with Gasteiger partial charge in [0.1, 0.15) is 5.82 Å². The maximum Gasteiger partial charge on any atom is 0.414 e. The minimum absolute atomic E-state index is 0.0582. The van der Waals surface area contributed by atoms with Gasteiger partial charge in [-0.25, -0.2) is 14.0 Å². The second kappa shape index (κ2) is 13.2. The van der Waals surface area contributed by atoms with E-state index in [1.54, 1.807) is 23.9 Å². The number of benzene rings is 1. The number of carbonyl (C=O) groups is 3. The van der Waals surface area contributed by atoms with E-state index >= 15 is 0 Å². The number of likely N-dealkylation sites (N-methyl/N-ethyl adjacent to an activating group) is 1. The highest BCUT2D eigenvalue weighted by atomic mass is 32.2. The number of rotatable bonds is 8. The molecule has 0 unspecified atom stereocenters. The van der Waals surface area contributed by atoms with Crippen LogP contribution in [0.2, 0.25) is 0 Å². The van der Waals surface area contributed by atoms with Crippen molar-refractivity contribution in [3.8, 4) is 0 Å². The summed E-state index contributed by atoms with van der Waals surface area (Å²) in [7, 11) is 3.94. The van der Waals surface area contributed by atoms with Gasteiger partial charge in [-0.2, -0.15) is 11.8 Å². The summed E-state index contributed by atoms with van der Waals surface area (Å²) in [5.41, 5.74) is 0.695. The van der Waals surface area contributed by atoms with E-state index in [0.29, 0.717) is 30.0 Å². The van der Waals surface area contributed by atoms with Crippen molar-refractivity contribution in [3.63, 3.8) is 0 Å². The molecule has 0 aliphatic rings. The number of hydrogen-bond donors (Lipinski definition) is 3. The van der Waals surface area contributed by atoms with Gasteiger partial charge in [0, 0.05) is 31.0 Å². The van der Waals surface area contributed by atoms with E-state index in [9.17, 15) is 9.18 Å². The molecule has 25 heavy (non-hydrogen) atoms. The Labute approximate surface area is 150 Å². The molecule has 1 amide bonds. The molecule has 0 heterocycles. The highest BCUT2D eigenvalue weighted by Gasteiger charge is 2.04. The molecule has 7 nitrogen and oxygen atoms in total. The lowest BCUT2D eigenvalue weighted by molar-refractivity contribution is -0.159. The standard InChI is InChI=1S/C14H21FN2OS.C2H2O4/c1-17(2)9-8-16-14(18)7-10-19-11-12-5-3-4-6-13(12)15;3-1(4)2(5)6/h3-6H,7-11H2,1-2H3,(H,16,18);(H,3,4)(H,5,6). The minimum Gasteiger partial charge on any atom is -0.473 e. The monoisotopic (exact) mass is 374 g/mol. The Morgan fingerprint density at radius 3 is 2.28 bits per heavy atom. The lowest BCUT2D eigenvalue weighted by atomic mass is 10.2. The molecule has 1 rings (SSSR count). The summed E-state index contributed by atoms with van der Waals surface area (Å²) in [6.07, 6.45) is 0.479. The highest BCUT2D eigenvalue weighted by Crippen LogP contribution is 2.15. The molecule has 1 aromatic carbocycles. The number of carboxylic acid groups (broad SMARTS) is 2. The number of carbonyl (C=O) groups excluding carboxylic acids is 1. The van der Waals surface area contributed by atoms with Crippen molar-refractivity contribution in [3.05, 3.63) is 35.6 Å². The number of nitrogens with zero attached hydrogens (tertiary/aromatic N) is 1. The van der Waals surface area contributed by atoms with E-state index in [2.05, 4.69) is 5.32 Å². The van der Waals surface area contributed by atoms with Gasteiger partial charge in [0.25, 0.3) is 0 Å². The van der Waals surface area contributed by atoms with Crippen LogP contribution in [-0.2, 0) is 20.1 Å². The summed E-state index contributed by atoms with van der Waals surface area (Å²) in [4.78, 5) is 31.7. The van der Waals surface area contributed by atoms with E-state index < -0.39 is 11.9 Å². The maximum absolute atomic E-state index is 13.3. The molecule has 9 heteroatoms. The molecule has 140 valence electrons. The number of amides is 1. The summed E-state index contributed by atoms with van der Waals surface area (Å²) in [5.74, 6) is -2.45. The Bertz CT molecular complexity index is 557. The quantitative estimate of drug-likeness (QED) is 0.465. The highest BCUT2D eigenvalue weighted by molar-refractivity contribution is 7.98. The zero-order valence-electron chi connectivity index (χ0n) is 14.2. The lowest BCUT2D eigenvalue weighted by Crippen LogP contribution is -2.31. The number of halogens is 1. The molecule has 0 radical (unpaired) electrons. The Hall–Kier alpha value is -2.13. The molecular formula is C16H23FN2O5S. The molecule has 0 atom stereocenters. The third kappa shape index (κ3) is 12.9. The first-order valence-electron chi connectivity index (χ1n) is 7.42. The first-order chi connectivity index (χ1) is 11.7. The summed E-state index contributed by atoms with van der Waals surface area (Å²) < 4.78 is 13.3. The number of thioether (sulfide) groups is 1. The SMILES string of the molecule is CN(C)CCNC(=O)CCSCc1ccccc1F.O=C(O)C(=O)O. The number of aliphatic carboxylic acids is 2. The maximum atomic E-state index is 13.3. The van der Waals surface area contributed by atoms with Crippen molar-refractivity contribution < 1.29 is 29.0 Å². The van der Waals surface area contributed by atoms with Crippen LogP contribution in [0.5, 0.6) is 0 Å². The van der Waals surface area contributed by atoms with E-state index in [0.717, 1.165) is 6.54 Å². The third-order valence-electron chi connectivity index (χ3n) is 2.75. The van der Waals surface area contributed by atoms with Gasteiger partial charge in [-0.3, -0.25) is 4.79 Å². The zero-order chi connectivity index (χ0) is 19.2. The van der Waals surface area contributed by atoms with Gasteiger partial charge in [0.05, 0.1) is 0 Å². The van der Waals surface area contributed by atoms with Crippen LogP contribution in [-0.4, -0.2) is 65.9 Å². The van der Waals surface area contributed by atoms with Gasteiger partial charge in [-0.1, -0.05) is 18.2 Å². The molecule has 1 aromatic rings. The van der Waals surface area contributed by atoms with Crippen LogP contribution in [0, 0.1) is 5.82 Å². The van der Waals surface area contributed by atoms with Gasteiger partial charge in [-0.05, 0) is 25.7 Å². The first kappa shape index (κ1) is 22.9. The Balaban J connectivity index is 0.000000823. The van der Waals surface area contributed by atoms with Crippen LogP contribution >= 0.6 is 11.8 Å². The molecule has 0 saturated carbocycles. The number of hydrogen-bond acceptors (Lipinski definition) is 5. The molecule has 0 bridgehead atoms. The van der Waals surface area contributed by atoms with Crippen molar-refractivity contribution in [2.24, 2.45) is 0 Å². The average molecular weight is 374 g/mol. The van der Waals surface area contributed by atoms with Crippen LogP contribution in [0.25, 0.3) is 0 Å². The average Bonchev–Trinajstić information content (AvgIpc) is 2.53. The molecule has 0 aliphatic heterocycles. The van der Waals surface area contributed by atoms with Crippen LogP contribution in [0.3, 0.4) is 0 Å². The van der Waals surface area contributed by atoms with Crippen molar-refractivity contribution in [1.29, 1.82) is 0 Å². The normalized spacial score (nSPS) is 9.92. The summed E-state index contributed by atoms with van der Waals surface area (Å²) in [5, 5.41) is 17.6. The first-order valence-corrected chi connectivity index (χ1v) is 8.58. The molecular weight excluding hydrogens is 351 g/mol. The second-order valence-corrected chi connectivity index (χ2v) is 6.26. The van der Waals surface area contributed by atoms with Crippen LogP contribution < -0.4 is 5.32 Å². The smallest absolute Gasteiger partial charge is 0.414 e. The van der Waals surface area contributed by atoms with Crippen LogP contribution in [0.1, 0.15) is 12.0 Å². The van der Waals surface area contributed by atoms with Gasteiger partial charge in [0.15, 0.2) is 0 Å². The third-order valence-corrected chi connectivity index (χ3v) is 3.76. The van der Waals surface area contributed by atoms with Gasteiger partial charge >= 0.3 is 11.9 Å². The molecule has 0 fully saturated rings. The predicted octanol–water partition coefficient (Wildman–Crippen LogP) is 1.28. The van der Waals surface area contributed by atoms with Crippen molar-refractivity contribution in [2.75, 3.05) is 32.9 Å². The summed E-state index contributed by atoms with van der Waals surface area (Å²) in [6, 6.07) is 6.75. The fourth-order valence-corrected chi connectivity index (χ4v) is 2.40. The summed E-state index contributed by atoms with van der Waals surface area (Å²) >= 11 is 1.58. The molecule has 0 aliphatic carbocycles. The molecule has 0 spiro atoms. The Kier molecular flexibility index (Phi) is 12.1. The zero-order valence-corrected chi connectivity index (χ0v) is 15.0. The minimum atomic E-state index is -1.82. The van der Waals surface area contributed by atoms with Crippen LogP contribution in [0.15, 0.2) is 24.3 Å². The Morgan fingerprint density at radius 1 is 1.16 bits per heavy atom. The number of carboxylic acids is 2. The van der Waals surface area contributed by atoms with Crippen molar-refractivity contribution >= 4 is 29.6 Å². The molecule has 3 N–H and O–H groups in total. The Morgan fingerprint density at radius 2 is 1.76 bits per heavy atom. The van der Waals surface area contributed by atoms with Crippen molar-refractivity contribution in [2.45, 2.75) is 12.2 Å². The van der Waals surface area contributed by atoms with E-state index in [-0.39, 0.29) is 11.7 Å². The van der Waals surface area contributed by atoms with Crippen LogP contribution in [0.4, 0.5) is 4.39 Å². The fourth-order valence-electron chi connectivity index (χ4n) is 1.47. The van der Waals surface area contributed by atoms with Gasteiger partial charge in [0.2, 0.25) is 5.91 Å². The van der Waals surface area contributed by atoms with Gasteiger partial charge < -0.3 is 20.4 Å². The van der Waals surface area contributed by atoms with E-state index in [1.165, 1.54) is 6.07 Å². The second-order valence-electron chi connectivity index (χ2n) is 5.16. The molecule has 0 saturated heterocycles. The molecule has 0 aromatic heterocycles. The van der Waals surface area contributed by atoms with E-state index in [4.69, 9.17) is 19.8 Å². The predicted molar refractivity (Wildman–Crippen MR) is 94.0 cm³/mol. The number of nitrogens with one attached hydrogen (secondary N) is 1. The largest absolute Gasteiger partial charge is 0.473 e. The van der Waals surface area contributed by atoms with Crippen molar-refractivity contribution in [1.82, 2.24) is 10.2 Å².